The zero-order chi connectivity index (χ0) is 19.1. The fraction of sp³-hybridized carbons (Fsp3) is 0.286. The molecule has 0 radical (unpaired) electrons. The average Bonchev–Trinajstić information content (AvgIpc) is 2.93. The van der Waals surface area contributed by atoms with Gasteiger partial charge in [0, 0.05) is 6.54 Å². The number of benzene rings is 2. The highest BCUT2D eigenvalue weighted by Gasteiger charge is 2.38. The van der Waals surface area contributed by atoms with Crippen molar-refractivity contribution in [3.05, 3.63) is 64.7 Å². The van der Waals surface area contributed by atoms with E-state index in [0.717, 1.165) is 21.8 Å². The van der Waals surface area contributed by atoms with Crippen LogP contribution in [0.1, 0.15) is 44.8 Å². The van der Waals surface area contributed by atoms with Crippen LogP contribution in [0, 0.1) is 0 Å². The molecule has 0 aromatic heterocycles. The minimum Gasteiger partial charge on any atom is -0.497 e. The van der Waals surface area contributed by atoms with E-state index in [9.17, 15) is 14.4 Å². The number of ether oxygens (including phenoxy) is 1. The molecule has 0 spiro atoms. The molecule has 6 nitrogen and oxygen atoms in total. The summed E-state index contributed by atoms with van der Waals surface area (Å²) in [6.45, 7) is 2.27. The van der Waals surface area contributed by atoms with Crippen molar-refractivity contribution in [1.29, 1.82) is 0 Å². The molecule has 0 aliphatic carbocycles. The summed E-state index contributed by atoms with van der Waals surface area (Å²) in [6, 6.07) is 12.4. The molecule has 0 N–H and O–H groups in total. The van der Waals surface area contributed by atoms with Gasteiger partial charge in [0.1, 0.15) is 12.3 Å². The molecule has 2 aromatic carbocycles. The monoisotopic (exact) mass is 364 g/mol. The summed E-state index contributed by atoms with van der Waals surface area (Å²) in [5.41, 5.74) is 2.95. The normalized spacial score (nSPS) is 18.4. The first-order chi connectivity index (χ1) is 13.0. The highest BCUT2D eigenvalue weighted by molar-refractivity contribution is 6.22. The molecule has 2 aliphatic rings. The molecule has 1 atom stereocenters. The molecule has 0 saturated carbocycles. The van der Waals surface area contributed by atoms with E-state index in [0.29, 0.717) is 24.1 Å². The van der Waals surface area contributed by atoms with Crippen LogP contribution in [-0.4, -0.2) is 47.7 Å². The number of carbonyl (C=O) groups excluding carboxylic acids is 3. The summed E-state index contributed by atoms with van der Waals surface area (Å²) in [4.78, 5) is 40.7. The number of nitrogens with zero attached hydrogens (tertiary/aromatic N) is 2. The van der Waals surface area contributed by atoms with Gasteiger partial charge in [0.25, 0.3) is 11.8 Å². The lowest BCUT2D eigenvalue weighted by Crippen LogP contribution is -2.46. The Morgan fingerprint density at radius 2 is 1.78 bits per heavy atom. The Morgan fingerprint density at radius 3 is 2.41 bits per heavy atom. The fourth-order valence-corrected chi connectivity index (χ4v) is 3.89. The third-order valence-electron chi connectivity index (χ3n) is 5.38. The average molecular weight is 364 g/mol. The predicted octanol–water partition coefficient (Wildman–Crippen LogP) is 2.44. The minimum absolute atomic E-state index is 0.123. The van der Waals surface area contributed by atoms with Crippen molar-refractivity contribution in [2.24, 2.45) is 0 Å². The molecule has 3 amide bonds. The van der Waals surface area contributed by atoms with Crippen molar-refractivity contribution in [2.45, 2.75) is 19.4 Å². The number of rotatable bonds is 3. The number of methoxy groups -OCH3 is 1. The van der Waals surface area contributed by atoms with Crippen LogP contribution in [0.3, 0.4) is 0 Å². The Labute approximate surface area is 157 Å². The van der Waals surface area contributed by atoms with E-state index in [4.69, 9.17) is 4.74 Å². The lowest BCUT2D eigenvalue weighted by molar-refractivity contribution is -0.134. The molecular formula is C21H20N2O4. The van der Waals surface area contributed by atoms with Gasteiger partial charge in [-0.3, -0.25) is 19.3 Å². The van der Waals surface area contributed by atoms with Crippen LogP contribution in [0.15, 0.2) is 42.5 Å². The zero-order valence-corrected chi connectivity index (χ0v) is 15.3. The predicted molar refractivity (Wildman–Crippen MR) is 98.6 cm³/mol. The van der Waals surface area contributed by atoms with Gasteiger partial charge in [-0.15, -0.1) is 0 Å². The lowest BCUT2D eigenvalue weighted by Gasteiger charge is -2.36. The maximum absolute atomic E-state index is 12.9. The number of fused-ring (bicyclic) bond motifs is 2. The molecule has 0 saturated heterocycles. The van der Waals surface area contributed by atoms with Gasteiger partial charge < -0.3 is 9.64 Å². The van der Waals surface area contributed by atoms with Crippen molar-refractivity contribution >= 4 is 17.7 Å². The van der Waals surface area contributed by atoms with Crippen molar-refractivity contribution < 1.29 is 19.1 Å². The number of hydrogen-bond donors (Lipinski definition) is 0. The highest BCUT2D eigenvalue weighted by atomic mass is 16.5. The topological polar surface area (TPSA) is 66.9 Å². The van der Waals surface area contributed by atoms with Gasteiger partial charge in [-0.25, -0.2) is 0 Å². The van der Waals surface area contributed by atoms with Crippen molar-refractivity contribution in [2.75, 3.05) is 20.2 Å². The summed E-state index contributed by atoms with van der Waals surface area (Å²) in [5.74, 6) is -0.234. The molecule has 1 unspecified atom stereocenters. The van der Waals surface area contributed by atoms with E-state index in [-0.39, 0.29) is 18.5 Å². The first-order valence-corrected chi connectivity index (χ1v) is 8.92. The fourth-order valence-electron chi connectivity index (χ4n) is 3.89. The van der Waals surface area contributed by atoms with Crippen LogP contribution < -0.4 is 4.74 Å². The first kappa shape index (κ1) is 17.3. The second-order valence-electron chi connectivity index (χ2n) is 6.82. The summed E-state index contributed by atoms with van der Waals surface area (Å²) in [7, 11) is 1.63. The summed E-state index contributed by atoms with van der Waals surface area (Å²) >= 11 is 0. The number of carbonyl (C=O) groups is 3. The number of hydrogen-bond acceptors (Lipinski definition) is 4. The summed E-state index contributed by atoms with van der Waals surface area (Å²) < 4.78 is 5.27. The van der Waals surface area contributed by atoms with Gasteiger partial charge in [0.15, 0.2) is 0 Å². The first-order valence-electron chi connectivity index (χ1n) is 8.92. The Morgan fingerprint density at radius 1 is 1.11 bits per heavy atom. The van der Waals surface area contributed by atoms with E-state index in [1.54, 1.807) is 36.3 Å². The van der Waals surface area contributed by atoms with Crippen LogP contribution in [0.25, 0.3) is 0 Å². The Balaban J connectivity index is 1.53. The van der Waals surface area contributed by atoms with Gasteiger partial charge in [-0.2, -0.15) is 0 Å². The van der Waals surface area contributed by atoms with E-state index in [1.165, 1.54) is 0 Å². The lowest BCUT2D eigenvalue weighted by atomic mass is 9.93. The van der Waals surface area contributed by atoms with Gasteiger partial charge in [-0.1, -0.05) is 18.2 Å². The van der Waals surface area contributed by atoms with E-state index in [1.807, 2.05) is 25.1 Å². The van der Waals surface area contributed by atoms with Gasteiger partial charge in [0.05, 0.1) is 24.3 Å². The molecule has 2 aromatic rings. The Bertz CT molecular complexity index is 918. The van der Waals surface area contributed by atoms with Crippen LogP contribution >= 0.6 is 0 Å². The number of imide groups is 1. The number of amides is 3. The minimum atomic E-state index is -0.404. The van der Waals surface area contributed by atoms with Crippen molar-refractivity contribution in [1.82, 2.24) is 9.80 Å². The van der Waals surface area contributed by atoms with E-state index < -0.39 is 11.8 Å². The standard InChI is InChI=1S/C21H20N2O4/c1-13-16-8-7-15(27-2)11-14(16)9-10-22(13)19(24)12-23-20(25)17-5-3-4-6-18(17)21(23)26/h3-8,11,13H,9-10,12H2,1-2H3. The molecule has 6 heteroatoms. The molecule has 0 bridgehead atoms. The maximum atomic E-state index is 12.9. The zero-order valence-electron chi connectivity index (χ0n) is 15.3. The van der Waals surface area contributed by atoms with Crippen LogP contribution in [0.2, 0.25) is 0 Å². The maximum Gasteiger partial charge on any atom is 0.262 e. The molecule has 138 valence electrons. The second kappa shape index (κ2) is 6.54. The molecular weight excluding hydrogens is 344 g/mol. The van der Waals surface area contributed by atoms with Crippen LogP contribution in [-0.2, 0) is 11.2 Å². The smallest absolute Gasteiger partial charge is 0.262 e. The van der Waals surface area contributed by atoms with E-state index >= 15 is 0 Å². The SMILES string of the molecule is COc1ccc2c(c1)CCN(C(=O)CN1C(=O)c3ccccc3C1=O)C2C. The summed E-state index contributed by atoms with van der Waals surface area (Å²) in [6.07, 6.45) is 0.713. The third-order valence-corrected chi connectivity index (χ3v) is 5.38. The molecule has 4 rings (SSSR count). The van der Waals surface area contributed by atoms with Crippen molar-refractivity contribution in [3.8, 4) is 5.75 Å². The van der Waals surface area contributed by atoms with Gasteiger partial charge in [-0.05, 0) is 48.7 Å². The largest absolute Gasteiger partial charge is 0.497 e. The molecule has 2 heterocycles. The second-order valence-corrected chi connectivity index (χ2v) is 6.82. The van der Waals surface area contributed by atoms with Crippen LogP contribution in [0.5, 0.6) is 5.75 Å². The Hall–Kier alpha value is -3.15. The Kier molecular flexibility index (Phi) is 4.18. The van der Waals surface area contributed by atoms with Gasteiger partial charge >= 0.3 is 0 Å². The molecule has 0 fully saturated rings. The highest BCUT2D eigenvalue weighted by Crippen LogP contribution is 2.32. The van der Waals surface area contributed by atoms with E-state index in [2.05, 4.69) is 0 Å². The summed E-state index contributed by atoms with van der Waals surface area (Å²) in [5, 5.41) is 0. The quantitative estimate of drug-likeness (QED) is 0.785. The van der Waals surface area contributed by atoms with Crippen molar-refractivity contribution in [3.63, 3.8) is 0 Å². The molecule has 27 heavy (non-hydrogen) atoms. The molecule has 2 aliphatic heterocycles. The van der Waals surface area contributed by atoms with Crippen LogP contribution in [0.4, 0.5) is 0 Å². The van der Waals surface area contributed by atoms with Gasteiger partial charge in [0.2, 0.25) is 5.91 Å². The third kappa shape index (κ3) is 2.77.